The minimum absolute atomic E-state index is 0.110. The van der Waals surface area contributed by atoms with Crippen LogP contribution in [0.25, 0.3) is 0 Å². The van der Waals surface area contributed by atoms with E-state index in [1.54, 1.807) is 11.1 Å². The van der Waals surface area contributed by atoms with Gasteiger partial charge < -0.3 is 4.90 Å². The summed E-state index contributed by atoms with van der Waals surface area (Å²) in [4.78, 5) is 2.67. The van der Waals surface area contributed by atoms with E-state index in [0.717, 1.165) is 11.3 Å². The Balaban J connectivity index is 0.000000244. The van der Waals surface area contributed by atoms with Gasteiger partial charge in [-0.2, -0.15) is 0 Å². The van der Waals surface area contributed by atoms with Crippen LogP contribution < -0.4 is 9.64 Å². The molecule has 1 saturated heterocycles. The first-order valence-electron chi connectivity index (χ1n) is 15.3. The zero-order valence-corrected chi connectivity index (χ0v) is 29.8. The molecule has 1 aliphatic heterocycles. The van der Waals surface area contributed by atoms with Gasteiger partial charge in [0.15, 0.2) is 0 Å². The number of hydrogen-bond donors (Lipinski definition) is 0. The second-order valence-corrected chi connectivity index (χ2v) is 19.0. The second kappa shape index (κ2) is 14.0. The predicted molar refractivity (Wildman–Crippen MR) is 180 cm³/mol. The van der Waals surface area contributed by atoms with Crippen LogP contribution in [0.4, 0.5) is 5.69 Å². The van der Waals surface area contributed by atoms with Crippen LogP contribution in [0.3, 0.4) is 0 Å². The molecule has 2 aliphatic rings. The number of para-hydroxylation sites is 2. The van der Waals surface area contributed by atoms with Crippen molar-refractivity contribution in [1.82, 2.24) is 0 Å². The summed E-state index contributed by atoms with van der Waals surface area (Å²) in [7, 11) is 11.6. The number of nitrogens with zero attached hydrogens (tertiary/aromatic N) is 1. The van der Waals surface area contributed by atoms with Gasteiger partial charge in [0.05, 0.1) is 0 Å². The smallest absolute Gasteiger partial charge is 0.0145 e. The maximum absolute atomic E-state index is 5.82. The maximum atomic E-state index is 5.82. The van der Waals surface area contributed by atoms with Crippen molar-refractivity contribution in [2.75, 3.05) is 4.90 Å². The Labute approximate surface area is 268 Å². The van der Waals surface area contributed by atoms with Crippen molar-refractivity contribution in [2.24, 2.45) is 0 Å². The van der Waals surface area contributed by atoms with E-state index in [1.807, 2.05) is 42.7 Å². The molecule has 0 unspecified atom stereocenters. The third-order valence-corrected chi connectivity index (χ3v) is 10.3. The van der Waals surface area contributed by atoms with E-state index in [0.29, 0.717) is 11.8 Å². The van der Waals surface area contributed by atoms with Gasteiger partial charge in [0.2, 0.25) is 0 Å². The number of aryl methyl sites for hydroxylation is 1. The average molecular weight is 695 g/mol. The summed E-state index contributed by atoms with van der Waals surface area (Å²) < 4.78 is 7.51. The van der Waals surface area contributed by atoms with Crippen LogP contribution >= 0.6 is 19.4 Å². The van der Waals surface area contributed by atoms with E-state index in [4.69, 9.17) is 24.1 Å². The molecular formula is C37H48Cl2NORu-. The largest absolute Gasteiger partial charge is 0.517 e. The molecule has 0 saturated carbocycles. The molecule has 2 nitrogen and oxygen atoms in total. The van der Waals surface area contributed by atoms with Crippen molar-refractivity contribution in [3.8, 4) is 5.75 Å². The quantitative estimate of drug-likeness (QED) is 0.188. The fourth-order valence-electron chi connectivity index (χ4n) is 6.76. The summed E-state index contributed by atoms with van der Waals surface area (Å²) in [6, 6.07) is 23.9. The van der Waals surface area contributed by atoms with Gasteiger partial charge in [0.1, 0.15) is 0 Å². The van der Waals surface area contributed by atoms with Crippen molar-refractivity contribution < 1.29 is 18.3 Å². The molecule has 1 atom stereocenters. The number of hydrogen-bond acceptors (Lipinski definition) is 2. The van der Waals surface area contributed by atoms with Crippen molar-refractivity contribution in [3.05, 3.63) is 101 Å². The topological polar surface area (TPSA) is 12.5 Å². The third-order valence-electron chi connectivity index (χ3n) is 8.45. The van der Waals surface area contributed by atoms with Gasteiger partial charge in [-0.15, -0.1) is 5.41 Å². The minimum atomic E-state index is -1.77. The molecule has 5 heteroatoms. The standard InChI is InChI=1S/C27H36N.C10H12O.2ClH.Ru/c1-19(2)22-13-9-14-23(20(3)4)25(22)28-18-27(17-26(28,5)6)16-10-12-21-11-7-8-15-24(21)27;1-8(2)11-10-7-5-4-6-9(10)3;;;/h7-9,11,13-15,18-20H,10,12,16-17H2,1-6H3;3-8H,1-2H3;2*1H;/q-1;;;;+2/p-2/t27-;;;;/m0..../s1. The molecule has 230 valence electrons. The van der Waals surface area contributed by atoms with E-state index >= 15 is 0 Å². The van der Waals surface area contributed by atoms with Gasteiger partial charge in [-0.3, -0.25) is 0 Å². The maximum Gasteiger partial charge on any atom is 0.0145 e. The van der Waals surface area contributed by atoms with Crippen LogP contribution in [-0.2, 0) is 25.4 Å². The Morgan fingerprint density at radius 1 is 0.857 bits per heavy atom. The van der Waals surface area contributed by atoms with Crippen LogP contribution in [0.15, 0.2) is 66.7 Å². The monoisotopic (exact) mass is 694 g/mol. The zero-order chi connectivity index (χ0) is 30.7. The molecule has 0 N–H and O–H groups in total. The van der Waals surface area contributed by atoms with Crippen LogP contribution in [0.1, 0.15) is 114 Å². The van der Waals surface area contributed by atoms with Gasteiger partial charge in [-0.1, -0.05) is 88.6 Å². The van der Waals surface area contributed by atoms with E-state index in [1.165, 1.54) is 42.5 Å². The number of fused-ring (bicyclic) bond motifs is 2. The first kappa shape index (κ1) is 33.2. The van der Waals surface area contributed by atoms with Crippen LogP contribution in [0.2, 0.25) is 0 Å². The molecule has 0 aromatic heterocycles. The predicted octanol–water partition coefficient (Wildman–Crippen LogP) is 10.9. The summed E-state index contributed by atoms with van der Waals surface area (Å²) in [5, 5.41) is 0. The van der Waals surface area contributed by atoms with Crippen LogP contribution in [0.5, 0.6) is 5.75 Å². The molecule has 0 radical (unpaired) electrons. The number of benzene rings is 3. The van der Waals surface area contributed by atoms with Crippen molar-refractivity contribution >= 4 is 29.7 Å². The number of ether oxygens (including phenoxy) is 1. The molecular weight excluding hydrogens is 646 g/mol. The third kappa shape index (κ3) is 7.51. The van der Waals surface area contributed by atoms with E-state index in [-0.39, 0.29) is 17.1 Å². The Morgan fingerprint density at radius 3 is 2.10 bits per heavy atom. The molecule has 1 spiro atoms. The Bertz CT molecular complexity index is 1370. The normalized spacial score (nSPS) is 19.5. The molecule has 3 aromatic rings. The molecule has 0 amide bonds. The minimum Gasteiger partial charge on any atom is -0.517 e. The zero-order valence-electron chi connectivity index (χ0n) is 26.5. The van der Waals surface area contributed by atoms with Gasteiger partial charge in [-0.05, 0) is 55.2 Å². The number of anilines is 1. The summed E-state index contributed by atoms with van der Waals surface area (Å²) in [5.74, 6) is 1.89. The van der Waals surface area contributed by atoms with Crippen molar-refractivity contribution in [3.63, 3.8) is 0 Å². The first-order valence-corrected chi connectivity index (χ1v) is 20.8. The average Bonchev–Trinajstić information content (AvgIpc) is 3.19. The second-order valence-electron chi connectivity index (χ2n) is 13.3. The van der Waals surface area contributed by atoms with Gasteiger partial charge in [-0.25, -0.2) is 6.54 Å². The summed E-state index contributed by atoms with van der Waals surface area (Å²) in [5.41, 5.74) is 8.85. The van der Waals surface area contributed by atoms with Crippen LogP contribution in [0, 0.1) is 6.54 Å². The molecule has 1 aliphatic carbocycles. The summed E-state index contributed by atoms with van der Waals surface area (Å²) >= 11 is -1.77. The van der Waals surface area contributed by atoms with Crippen LogP contribution in [-0.4, -0.2) is 16.3 Å². The van der Waals surface area contributed by atoms with Crippen molar-refractivity contribution in [2.45, 2.75) is 110 Å². The molecule has 5 rings (SSSR count). The molecule has 42 heavy (non-hydrogen) atoms. The Morgan fingerprint density at radius 2 is 1.48 bits per heavy atom. The Kier molecular flexibility index (Phi) is 11.0. The van der Waals surface area contributed by atoms with Crippen molar-refractivity contribution in [1.29, 1.82) is 0 Å². The van der Waals surface area contributed by atoms with Gasteiger partial charge >= 0.3 is 97.8 Å². The fraction of sp³-hybridized carbons (Fsp3) is 0.459. The molecule has 0 bridgehead atoms. The Hall–Kier alpha value is -1.67. The summed E-state index contributed by atoms with van der Waals surface area (Å²) in [6.07, 6.45) is 5.15. The van der Waals surface area contributed by atoms with E-state index < -0.39 is 13.5 Å². The van der Waals surface area contributed by atoms with Gasteiger partial charge in [0.25, 0.3) is 0 Å². The fourth-order valence-corrected chi connectivity index (χ4v) is 8.57. The molecule has 1 fully saturated rings. The summed E-state index contributed by atoms with van der Waals surface area (Å²) in [6.45, 7) is 20.8. The van der Waals surface area contributed by atoms with E-state index in [2.05, 4.69) is 95.5 Å². The number of rotatable bonds is 6. The number of halogens is 2. The molecule has 1 heterocycles. The first-order chi connectivity index (χ1) is 19.8. The van der Waals surface area contributed by atoms with Gasteiger partial charge in [0, 0.05) is 11.2 Å². The van der Waals surface area contributed by atoms with E-state index in [9.17, 15) is 0 Å². The molecule has 3 aromatic carbocycles. The SMILES string of the molecule is CC(C)Oc1ccccc1[CH]=[Ru]([Cl])[Cl].CC(C)c1cccc(C(C)C)c1N1[CH-][C@]2(CCCc3ccccc32)CC1(C)C.